The van der Waals surface area contributed by atoms with Gasteiger partial charge in [-0.3, -0.25) is 9.59 Å². The van der Waals surface area contributed by atoms with Gasteiger partial charge in [-0.2, -0.15) is 0 Å². The summed E-state index contributed by atoms with van der Waals surface area (Å²) in [5, 5.41) is 44.7. The Labute approximate surface area is 256 Å². The SMILES string of the molecule is CC(C)(C)c1cc(C=CC(=O)OCCNC(=O)C(=O)NCCOC(=O)C=Cc2cc(O)c(O)c(C(C)(C)C)c2)cc(O)c1O. The summed E-state index contributed by atoms with van der Waals surface area (Å²) in [6.07, 6.45) is 5.07. The van der Waals surface area contributed by atoms with Crippen LogP contribution in [0.15, 0.2) is 36.4 Å². The van der Waals surface area contributed by atoms with E-state index in [2.05, 4.69) is 10.6 Å². The number of carbonyl (C=O) groups excluding carboxylic acids is 4. The number of esters is 2. The highest BCUT2D eigenvalue weighted by atomic mass is 16.5. The quantitative estimate of drug-likeness (QED) is 0.0764. The Morgan fingerprint density at radius 3 is 1.30 bits per heavy atom. The summed E-state index contributed by atoms with van der Waals surface area (Å²) in [6.45, 7) is 10.5. The first kappa shape index (κ1) is 35.2. The summed E-state index contributed by atoms with van der Waals surface area (Å²) < 4.78 is 9.97. The number of aromatic hydroxyl groups is 4. The molecular formula is C32H40N2O10. The number of carbonyl (C=O) groups is 4. The second kappa shape index (κ2) is 14.9. The van der Waals surface area contributed by atoms with Crippen LogP contribution in [-0.2, 0) is 39.5 Å². The number of benzene rings is 2. The molecule has 0 heterocycles. The average molecular weight is 613 g/mol. The molecule has 0 aliphatic carbocycles. The van der Waals surface area contributed by atoms with Crippen LogP contribution in [0.5, 0.6) is 23.0 Å². The minimum Gasteiger partial charge on any atom is -0.504 e. The maximum atomic E-state index is 12.0. The van der Waals surface area contributed by atoms with Crippen LogP contribution in [0.3, 0.4) is 0 Å². The second-order valence-electron chi connectivity index (χ2n) is 11.9. The van der Waals surface area contributed by atoms with Crippen molar-refractivity contribution in [2.45, 2.75) is 52.4 Å². The molecule has 0 atom stereocenters. The van der Waals surface area contributed by atoms with Gasteiger partial charge in [0.1, 0.15) is 13.2 Å². The first-order chi connectivity index (χ1) is 20.4. The van der Waals surface area contributed by atoms with Crippen molar-refractivity contribution in [3.05, 3.63) is 58.7 Å². The monoisotopic (exact) mass is 612 g/mol. The molecule has 0 aromatic heterocycles. The van der Waals surface area contributed by atoms with E-state index in [9.17, 15) is 39.6 Å². The van der Waals surface area contributed by atoms with Crippen LogP contribution in [0.25, 0.3) is 12.2 Å². The predicted octanol–water partition coefficient (Wildman–Crippen LogP) is 3.15. The van der Waals surface area contributed by atoms with Gasteiger partial charge in [-0.1, -0.05) is 41.5 Å². The number of nitrogens with one attached hydrogen (secondary N) is 2. The number of hydrogen-bond acceptors (Lipinski definition) is 10. The minimum atomic E-state index is -0.973. The molecule has 12 nitrogen and oxygen atoms in total. The molecule has 2 aromatic carbocycles. The lowest BCUT2D eigenvalue weighted by molar-refractivity contribution is -0.141. The van der Waals surface area contributed by atoms with E-state index in [0.717, 1.165) is 12.2 Å². The highest BCUT2D eigenvalue weighted by Gasteiger charge is 2.22. The third kappa shape index (κ3) is 10.7. The fraction of sp³-hybridized carbons (Fsp3) is 0.375. The van der Waals surface area contributed by atoms with Gasteiger partial charge in [0.05, 0.1) is 13.1 Å². The van der Waals surface area contributed by atoms with Crippen LogP contribution in [0.4, 0.5) is 0 Å². The normalized spacial score (nSPS) is 11.9. The van der Waals surface area contributed by atoms with Crippen molar-refractivity contribution in [2.75, 3.05) is 26.3 Å². The summed E-state index contributed by atoms with van der Waals surface area (Å²) >= 11 is 0. The molecule has 0 saturated carbocycles. The van der Waals surface area contributed by atoms with E-state index in [0.29, 0.717) is 22.3 Å². The van der Waals surface area contributed by atoms with E-state index in [1.165, 1.54) is 24.3 Å². The first-order valence-corrected chi connectivity index (χ1v) is 13.8. The fourth-order valence-corrected chi connectivity index (χ4v) is 3.84. The molecule has 0 fully saturated rings. The summed E-state index contributed by atoms with van der Waals surface area (Å²) in [5.41, 5.74) is 1.06. The third-order valence-electron chi connectivity index (χ3n) is 6.13. The van der Waals surface area contributed by atoms with E-state index in [1.54, 1.807) is 12.1 Å². The molecular weight excluding hydrogens is 572 g/mol. The Bertz CT molecular complexity index is 1340. The summed E-state index contributed by atoms with van der Waals surface area (Å²) in [6, 6.07) is 5.89. The Kier molecular flexibility index (Phi) is 12.0. The molecule has 2 aromatic rings. The van der Waals surface area contributed by atoms with Crippen molar-refractivity contribution in [2.24, 2.45) is 0 Å². The van der Waals surface area contributed by atoms with Gasteiger partial charge >= 0.3 is 23.8 Å². The van der Waals surface area contributed by atoms with Gasteiger partial charge in [0, 0.05) is 23.3 Å². The minimum absolute atomic E-state index is 0.135. The third-order valence-corrected chi connectivity index (χ3v) is 6.13. The van der Waals surface area contributed by atoms with Gasteiger partial charge in [0.2, 0.25) is 0 Å². The Balaban J connectivity index is 1.71. The highest BCUT2D eigenvalue weighted by molar-refractivity contribution is 6.35. The van der Waals surface area contributed by atoms with Crippen LogP contribution in [0, 0.1) is 0 Å². The maximum absolute atomic E-state index is 12.0. The Morgan fingerprint density at radius 2 is 0.977 bits per heavy atom. The van der Waals surface area contributed by atoms with E-state index in [4.69, 9.17) is 9.47 Å². The molecule has 2 amide bonds. The zero-order valence-electron chi connectivity index (χ0n) is 25.7. The molecule has 238 valence electrons. The van der Waals surface area contributed by atoms with Gasteiger partial charge < -0.3 is 40.5 Å². The molecule has 12 heteroatoms. The molecule has 0 radical (unpaired) electrons. The molecule has 44 heavy (non-hydrogen) atoms. The van der Waals surface area contributed by atoms with Crippen LogP contribution < -0.4 is 10.6 Å². The lowest BCUT2D eigenvalue weighted by Gasteiger charge is -2.21. The molecule has 0 aliphatic rings. The van der Waals surface area contributed by atoms with Crippen molar-refractivity contribution in [3.8, 4) is 23.0 Å². The van der Waals surface area contributed by atoms with E-state index in [-0.39, 0.29) is 49.3 Å². The second-order valence-corrected chi connectivity index (χ2v) is 11.9. The van der Waals surface area contributed by atoms with Crippen LogP contribution >= 0.6 is 0 Å². The van der Waals surface area contributed by atoms with E-state index < -0.39 is 34.6 Å². The molecule has 0 bridgehead atoms. The molecule has 0 saturated heterocycles. The van der Waals surface area contributed by atoms with Crippen molar-refractivity contribution in [1.82, 2.24) is 10.6 Å². The number of phenols is 4. The molecule has 0 unspecified atom stereocenters. The van der Waals surface area contributed by atoms with Crippen molar-refractivity contribution in [3.63, 3.8) is 0 Å². The number of ether oxygens (including phenoxy) is 2. The van der Waals surface area contributed by atoms with Crippen molar-refractivity contribution < 1.29 is 49.1 Å². The molecule has 0 aliphatic heterocycles. The summed E-state index contributed by atoms with van der Waals surface area (Å²) in [7, 11) is 0. The zero-order chi connectivity index (χ0) is 33.2. The van der Waals surface area contributed by atoms with Gasteiger partial charge in [-0.05, 0) is 58.4 Å². The predicted molar refractivity (Wildman–Crippen MR) is 163 cm³/mol. The number of rotatable bonds is 10. The Morgan fingerprint density at radius 1 is 0.636 bits per heavy atom. The number of phenolic OH excluding ortho intramolecular Hbond substituents is 4. The summed E-state index contributed by atoms with van der Waals surface area (Å²) in [4.78, 5) is 47.8. The average Bonchev–Trinajstić information content (AvgIpc) is 2.92. The van der Waals surface area contributed by atoms with Crippen molar-refractivity contribution >= 4 is 35.9 Å². The van der Waals surface area contributed by atoms with Gasteiger partial charge in [0.15, 0.2) is 23.0 Å². The molecule has 6 N–H and O–H groups in total. The first-order valence-electron chi connectivity index (χ1n) is 13.8. The topological polar surface area (TPSA) is 192 Å². The fourth-order valence-electron chi connectivity index (χ4n) is 3.84. The zero-order valence-corrected chi connectivity index (χ0v) is 25.7. The number of amides is 2. The van der Waals surface area contributed by atoms with Crippen LogP contribution in [0.2, 0.25) is 0 Å². The molecule has 0 spiro atoms. The highest BCUT2D eigenvalue weighted by Crippen LogP contribution is 2.39. The summed E-state index contributed by atoms with van der Waals surface area (Å²) in [5.74, 6) is -4.48. The van der Waals surface area contributed by atoms with Crippen LogP contribution in [0.1, 0.15) is 63.8 Å². The van der Waals surface area contributed by atoms with E-state index >= 15 is 0 Å². The Hall–Kier alpha value is -5.00. The van der Waals surface area contributed by atoms with Gasteiger partial charge in [-0.15, -0.1) is 0 Å². The number of hydrogen-bond donors (Lipinski definition) is 6. The lowest BCUT2D eigenvalue weighted by Crippen LogP contribution is -2.42. The maximum Gasteiger partial charge on any atom is 0.330 e. The standard InChI is InChI=1S/C32H40N2O10/c1-31(2,3)21-15-19(17-23(35)27(21)39)7-9-25(37)43-13-11-33-29(41)30(42)34-12-14-44-26(38)10-8-20-16-22(32(4,5)6)28(40)24(36)18-20/h7-10,15-18,35-36,39-40H,11-14H2,1-6H3,(H,33,41)(H,34,42). The molecule has 2 rings (SSSR count). The van der Waals surface area contributed by atoms with E-state index in [1.807, 2.05) is 41.5 Å². The smallest absolute Gasteiger partial charge is 0.330 e. The van der Waals surface area contributed by atoms with Gasteiger partial charge in [-0.25, -0.2) is 9.59 Å². The van der Waals surface area contributed by atoms with Crippen LogP contribution in [-0.4, -0.2) is 70.5 Å². The lowest BCUT2D eigenvalue weighted by atomic mass is 9.85. The van der Waals surface area contributed by atoms with Gasteiger partial charge in [0.25, 0.3) is 0 Å². The van der Waals surface area contributed by atoms with Crippen molar-refractivity contribution in [1.29, 1.82) is 0 Å². The largest absolute Gasteiger partial charge is 0.504 e.